The van der Waals surface area contributed by atoms with E-state index in [1.54, 1.807) is 0 Å². The third kappa shape index (κ3) is 5.22. The van der Waals surface area contributed by atoms with Gasteiger partial charge in [-0.3, -0.25) is 0 Å². The SMILES string of the molecule is c1ccc(-n2c3ccccc3c3cc4c(-c5ccc6ccccc6c5)c5cc(N6c7ccccc7Cc7ccccc76)ccc5c(-c5ccc6ccccc6c5)c4cc32)cc1. The van der Waals surface area contributed by atoms with Crippen molar-refractivity contribution in [3.63, 3.8) is 0 Å². The van der Waals surface area contributed by atoms with Crippen molar-refractivity contribution in [3.8, 4) is 27.9 Å². The summed E-state index contributed by atoms with van der Waals surface area (Å²) in [6.45, 7) is 0. The summed E-state index contributed by atoms with van der Waals surface area (Å²) in [5.74, 6) is 0. The molecular weight excluding hydrogens is 737 g/mol. The van der Waals surface area contributed by atoms with Crippen LogP contribution in [-0.2, 0) is 6.42 Å². The predicted octanol–water partition coefficient (Wildman–Crippen LogP) is 16.1. The van der Waals surface area contributed by atoms with Crippen molar-refractivity contribution < 1.29 is 0 Å². The quantitative estimate of drug-likeness (QED) is 0.162. The zero-order chi connectivity index (χ0) is 40.0. The predicted molar refractivity (Wildman–Crippen MR) is 259 cm³/mol. The Morgan fingerprint density at radius 3 is 1.52 bits per heavy atom. The van der Waals surface area contributed by atoms with Crippen molar-refractivity contribution in [2.75, 3.05) is 4.90 Å². The zero-order valence-corrected chi connectivity index (χ0v) is 33.4. The highest BCUT2D eigenvalue weighted by atomic mass is 15.2. The van der Waals surface area contributed by atoms with Gasteiger partial charge in [-0.15, -0.1) is 0 Å². The van der Waals surface area contributed by atoms with Crippen LogP contribution in [0.5, 0.6) is 0 Å². The highest BCUT2D eigenvalue weighted by Gasteiger charge is 2.26. The maximum absolute atomic E-state index is 2.50. The van der Waals surface area contributed by atoms with Gasteiger partial charge in [-0.1, -0.05) is 152 Å². The second kappa shape index (κ2) is 13.3. The Morgan fingerprint density at radius 2 is 0.836 bits per heavy atom. The van der Waals surface area contributed by atoms with Gasteiger partial charge < -0.3 is 9.47 Å². The number of para-hydroxylation sites is 4. The Morgan fingerprint density at radius 1 is 0.295 bits per heavy atom. The molecule has 0 spiro atoms. The van der Waals surface area contributed by atoms with Crippen LogP contribution in [-0.4, -0.2) is 4.57 Å². The zero-order valence-electron chi connectivity index (χ0n) is 33.4. The molecule has 0 amide bonds. The summed E-state index contributed by atoms with van der Waals surface area (Å²) >= 11 is 0. The number of aromatic nitrogens is 1. The summed E-state index contributed by atoms with van der Waals surface area (Å²) in [4.78, 5) is 2.48. The van der Waals surface area contributed by atoms with E-state index in [4.69, 9.17) is 0 Å². The molecule has 0 aliphatic carbocycles. The standard InChI is InChI=1S/C59H38N2/c1-2-20-46(21-3-1)60-56-25-13-10-22-48(56)50-36-52-53(37-57(50)60)58(44-28-26-38-14-4-6-16-40(38)32-44)49-31-30-47(35-51(49)59(52)45-29-27-39-15-5-7-17-41(39)33-45)61-54-23-11-8-18-42(54)34-43-19-9-12-24-55(43)61/h1-33,35-37H,34H2. The molecule has 0 fully saturated rings. The van der Waals surface area contributed by atoms with E-state index in [2.05, 4.69) is 228 Å². The Kier molecular flexibility index (Phi) is 7.40. The molecule has 2 heterocycles. The Labute approximate surface area is 353 Å². The van der Waals surface area contributed by atoms with Gasteiger partial charge in [0.1, 0.15) is 0 Å². The second-order valence-corrected chi connectivity index (χ2v) is 16.5. The maximum atomic E-state index is 2.50. The van der Waals surface area contributed by atoms with E-state index in [1.165, 1.54) is 110 Å². The Bertz CT molecular complexity index is 3700. The molecule has 12 aromatic rings. The summed E-state index contributed by atoms with van der Waals surface area (Å²) in [5, 5.41) is 12.4. The molecule has 61 heavy (non-hydrogen) atoms. The van der Waals surface area contributed by atoms with E-state index >= 15 is 0 Å². The number of hydrogen-bond acceptors (Lipinski definition) is 1. The fourth-order valence-electron chi connectivity index (χ4n) is 10.4. The molecule has 1 aromatic heterocycles. The summed E-state index contributed by atoms with van der Waals surface area (Å²) < 4.78 is 2.45. The number of rotatable bonds is 4. The monoisotopic (exact) mass is 774 g/mol. The normalized spacial score (nSPS) is 12.5. The Balaban J connectivity index is 1.22. The van der Waals surface area contributed by atoms with Gasteiger partial charge in [0.15, 0.2) is 0 Å². The van der Waals surface area contributed by atoms with Crippen molar-refractivity contribution in [1.82, 2.24) is 4.57 Å². The van der Waals surface area contributed by atoms with Crippen LogP contribution in [0.2, 0.25) is 0 Å². The molecule has 0 atom stereocenters. The number of anilines is 3. The molecule has 11 aromatic carbocycles. The van der Waals surface area contributed by atoms with Gasteiger partial charge in [0, 0.05) is 39.9 Å². The van der Waals surface area contributed by atoms with Crippen LogP contribution < -0.4 is 4.90 Å². The number of fused-ring (bicyclic) bond motifs is 9. The molecule has 0 bridgehead atoms. The van der Waals surface area contributed by atoms with E-state index in [0.717, 1.165) is 17.8 Å². The first-order valence-electron chi connectivity index (χ1n) is 21.2. The van der Waals surface area contributed by atoms with Gasteiger partial charge in [-0.25, -0.2) is 0 Å². The van der Waals surface area contributed by atoms with E-state index in [1.807, 2.05) is 0 Å². The summed E-state index contributed by atoms with van der Waals surface area (Å²) in [6, 6.07) is 81.2. The number of hydrogen-bond donors (Lipinski definition) is 0. The van der Waals surface area contributed by atoms with Gasteiger partial charge in [0.25, 0.3) is 0 Å². The lowest BCUT2D eigenvalue weighted by molar-refractivity contribution is 1.09. The van der Waals surface area contributed by atoms with Crippen molar-refractivity contribution in [1.29, 1.82) is 0 Å². The molecular formula is C59H38N2. The van der Waals surface area contributed by atoms with Gasteiger partial charge in [0.05, 0.1) is 11.0 Å². The fourth-order valence-corrected chi connectivity index (χ4v) is 10.4. The van der Waals surface area contributed by atoms with Crippen LogP contribution in [0, 0.1) is 0 Å². The second-order valence-electron chi connectivity index (χ2n) is 16.5. The van der Waals surface area contributed by atoms with Crippen LogP contribution in [0.1, 0.15) is 11.1 Å². The van der Waals surface area contributed by atoms with Crippen LogP contribution in [0.4, 0.5) is 17.1 Å². The van der Waals surface area contributed by atoms with E-state index in [-0.39, 0.29) is 0 Å². The topological polar surface area (TPSA) is 8.17 Å². The average Bonchev–Trinajstić information content (AvgIpc) is 3.64. The Hall–Kier alpha value is -7.94. The molecule has 2 nitrogen and oxygen atoms in total. The molecule has 13 rings (SSSR count). The van der Waals surface area contributed by atoms with E-state index in [9.17, 15) is 0 Å². The summed E-state index contributed by atoms with van der Waals surface area (Å²) in [7, 11) is 0. The minimum atomic E-state index is 0.919. The first kappa shape index (κ1) is 34.0. The van der Waals surface area contributed by atoms with Crippen LogP contribution in [0.25, 0.3) is 92.8 Å². The smallest absolute Gasteiger partial charge is 0.0547 e. The maximum Gasteiger partial charge on any atom is 0.0547 e. The lowest BCUT2D eigenvalue weighted by atomic mass is 9.84. The van der Waals surface area contributed by atoms with Gasteiger partial charge in [0.2, 0.25) is 0 Å². The molecule has 0 unspecified atom stereocenters. The minimum absolute atomic E-state index is 0.919. The highest BCUT2D eigenvalue weighted by molar-refractivity contribution is 6.26. The van der Waals surface area contributed by atoms with Crippen molar-refractivity contribution in [2.45, 2.75) is 6.42 Å². The highest BCUT2D eigenvalue weighted by Crippen LogP contribution is 2.50. The summed E-state index contributed by atoms with van der Waals surface area (Å²) in [5.41, 5.74) is 14.8. The molecule has 0 saturated heterocycles. The molecule has 2 heteroatoms. The molecule has 284 valence electrons. The van der Waals surface area contributed by atoms with Crippen LogP contribution >= 0.6 is 0 Å². The molecule has 1 aliphatic heterocycles. The van der Waals surface area contributed by atoms with Gasteiger partial charge in [-0.2, -0.15) is 0 Å². The molecule has 0 N–H and O–H groups in total. The van der Waals surface area contributed by atoms with Crippen LogP contribution in [0.15, 0.2) is 218 Å². The lowest BCUT2D eigenvalue weighted by Crippen LogP contribution is -2.18. The fraction of sp³-hybridized carbons (Fsp3) is 0.0169. The minimum Gasteiger partial charge on any atom is -0.310 e. The van der Waals surface area contributed by atoms with Gasteiger partial charge in [-0.05, 0) is 143 Å². The third-order valence-electron chi connectivity index (χ3n) is 13.1. The molecule has 0 saturated carbocycles. The number of benzene rings is 11. The van der Waals surface area contributed by atoms with Crippen molar-refractivity contribution in [2.24, 2.45) is 0 Å². The largest absolute Gasteiger partial charge is 0.310 e. The van der Waals surface area contributed by atoms with Crippen molar-refractivity contribution in [3.05, 3.63) is 230 Å². The molecule has 0 radical (unpaired) electrons. The first-order chi connectivity index (χ1) is 30.2. The average molecular weight is 775 g/mol. The van der Waals surface area contributed by atoms with Crippen LogP contribution in [0.3, 0.4) is 0 Å². The number of nitrogens with zero attached hydrogens (tertiary/aromatic N) is 2. The van der Waals surface area contributed by atoms with Gasteiger partial charge >= 0.3 is 0 Å². The molecule has 1 aliphatic rings. The van der Waals surface area contributed by atoms with E-state index in [0.29, 0.717) is 0 Å². The first-order valence-corrected chi connectivity index (χ1v) is 21.2. The summed E-state index contributed by atoms with van der Waals surface area (Å²) in [6.07, 6.45) is 0.919. The lowest BCUT2D eigenvalue weighted by Gasteiger charge is -2.34. The van der Waals surface area contributed by atoms with Crippen molar-refractivity contribution >= 4 is 82.0 Å². The van der Waals surface area contributed by atoms with E-state index < -0.39 is 0 Å². The third-order valence-corrected chi connectivity index (χ3v) is 13.1.